The molecule has 15 heteroatoms. The molecule has 2 saturated heterocycles. The van der Waals surface area contributed by atoms with Crippen molar-refractivity contribution in [2.45, 2.75) is 148 Å². The molecule has 2 fully saturated rings. The summed E-state index contributed by atoms with van der Waals surface area (Å²) in [6, 6.07) is 0. The Hall–Kier alpha value is -2.40. The largest absolute Gasteiger partial charge is 0.463 e. The SMILES string of the molecule is CCC(C)CCCC(=O)OC1C(OC2(COC(C)=O)OC(COC(C)=O)C(O)C2O)OC(CO)C(O)C1OC(=O)CCCC(C)CC. The molecule has 0 spiro atoms. The van der Waals surface area contributed by atoms with E-state index in [0.29, 0.717) is 24.7 Å². The van der Waals surface area contributed by atoms with Gasteiger partial charge in [-0.1, -0.05) is 53.4 Å². The summed E-state index contributed by atoms with van der Waals surface area (Å²) in [6.07, 6.45) is -8.83. The lowest BCUT2D eigenvalue weighted by Gasteiger charge is -2.45. The Morgan fingerprint density at radius 2 is 1.32 bits per heavy atom. The van der Waals surface area contributed by atoms with Gasteiger partial charge in [0.15, 0.2) is 12.2 Å². The third-order valence-corrected chi connectivity index (χ3v) is 8.63. The normalized spacial score (nSPS) is 31.9. The highest BCUT2D eigenvalue weighted by Gasteiger charge is 2.61. The fourth-order valence-corrected chi connectivity index (χ4v) is 5.26. The van der Waals surface area contributed by atoms with Gasteiger partial charge in [0.05, 0.1) is 6.61 Å². The maximum absolute atomic E-state index is 13.1. The monoisotopic (exact) mass is 678 g/mol. The first-order valence-corrected chi connectivity index (χ1v) is 16.5. The summed E-state index contributed by atoms with van der Waals surface area (Å²) in [5.74, 6) is -4.56. The van der Waals surface area contributed by atoms with Crippen molar-refractivity contribution in [3.63, 3.8) is 0 Å². The van der Waals surface area contributed by atoms with Crippen LogP contribution in [0.15, 0.2) is 0 Å². The second kappa shape index (κ2) is 19.6. The van der Waals surface area contributed by atoms with E-state index >= 15 is 0 Å². The maximum atomic E-state index is 13.1. The maximum Gasteiger partial charge on any atom is 0.306 e. The van der Waals surface area contributed by atoms with E-state index in [4.69, 9.17) is 33.2 Å². The quantitative estimate of drug-likeness (QED) is 0.112. The Labute approximate surface area is 276 Å². The van der Waals surface area contributed by atoms with Crippen molar-refractivity contribution in [2.75, 3.05) is 19.8 Å². The van der Waals surface area contributed by atoms with Gasteiger partial charge < -0.3 is 53.6 Å². The van der Waals surface area contributed by atoms with Crippen molar-refractivity contribution < 1.29 is 72.8 Å². The Bertz CT molecular complexity index is 1010. The molecule has 2 aliphatic heterocycles. The van der Waals surface area contributed by atoms with Crippen LogP contribution in [0.3, 0.4) is 0 Å². The van der Waals surface area contributed by atoms with Gasteiger partial charge in [-0.05, 0) is 24.7 Å². The van der Waals surface area contributed by atoms with Crippen molar-refractivity contribution in [2.24, 2.45) is 11.8 Å². The molecule has 0 radical (unpaired) electrons. The zero-order valence-electron chi connectivity index (χ0n) is 28.3. The van der Waals surface area contributed by atoms with Crippen molar-refractivity contribution in [1.29, 1.82) is 0 Å². The minimum Gasteiger partial charge on any atom is -0.463 e. The molecule has 2 heterocycles. The molecule has 11 atom stereocenters. The number of carbonyl (C=O) groups excluding carboxylic acids is 4. The van der Waals surface area contributed by atoms with Crippen LogP contribution < -0.4 is 0 Å². The number of aliphatic hydroxyl groups is 4. The lowest BCUT2D eigenvalue weighted by Crippen LogP contribution is -2.64. The lowest BCUT2D eigenvalue weighted by molar-refractivity contribution is -0.384. The van der Waals surface area contributed by atoms with E-state index in [1.54, 1.807) is 0 Å². The standard InChI is InChI=1S/C32H54O15/c1-7-18(3)11-9-13-24(36)44-28-26(38)22(15-33)43-31(29(28)45-25(37)14-10-12-19(4)8-2)47-32(17-42-21(6)35)30(40)27(39)23(46-32)16-41-20(5)34/h18-19,22-23,26-31,33,38-40H,7-17H2,1-6H3. The lowest BCUT2D eigenvalue weighted by atomic mass is 9.97. The molecule has 0 aromatic carbocycles. The minimum atomic E-state index is -2.38. The molecule has 47 heavy (non-hydrogen) atoms. The predicted molar refractivity (Wildman–Crippen MR) is 162 cm³/mol. The predicted octanol–water partition coefficient (Wildman–Crippen LogP) is 1.28. The highest BCUT2D eigenvalue weighted by atomic mass is 16.8. The molecule has 0 aromatic rings. The zero-order valence-corrected chi connectivity index (χ0v) is 28.3. The van der Waals surface area contributed by atoms with Crippen molar-refractivity contribution in [3.05, 3.63) is 0 Å². The average molecular weight is 679 g/mol. The summed E-state index contributed by atoms with van der Waals surface area (Å²) in [6.45, 7) is 8.28. The first-order valence-electron chi connectivity index (χ1n) is 16.5. The second-order valence-corrected chi connectivity index (χ2v) is 12.5. The molecule has 4 N–H and O–H groups in total. The fraction of sp³-hybridized carbons (Fsp3) is 0.875. The summed E-state index contributed by atoms with van der Waals surface area (Å²) in [7, 11) is 0. The molecular weight excluding hydrogens is 624 g/mol. The van der Waals surface area contributed by atoms with Gasteiger partial charge in [-0.2, -0.15) is 0 Å². The minimum absolute atomic E-state index is 0.00153. The van der Waals surface area contributed by atoms with Crippen LogP contribution in [0, 0.1) is 11.8 Å². The van der Waals surface area contributed by atoms with Crippen LogP contribution in [0.25, 0.3) is 0 Å². The number of hydrogen-bond donors (Lipinski definition) is 4. The molecule has 272 valence electrons. The summed E-state index contributed by atoms with van der Waals surface area (Å²) in [4.78, 5) is 49.3. The van der Waals surface area contributed by atoms with E-state index in [2.05, 4.69) is 6.92 Å². The van der Waals surface area contributed by atoms with E-state index in [-0.39, 0.29) is 12.8 Å². The fourth-order valence-electron chi connectivity index (χ4n) is 5.26. The Balaban J connectivity index is 2.44. The number of esters is 4. The molecule has 0 aliphatic carbocycles. The van der Waals surface area contributed by atoms with Gasteiger partial charge in [0, 0.05) is 26.7 Å². The number of hydrogen-bond acceptors (Lipinski definition) is 15. The summed E-state index contributed by atoms with van der Waals surface area (Å²) in [5.41, 5.74) is 0. The molecule has 0 amide bonds. The molecule has 15 nitrogen and oxygen atoms in total. The Morgan fingerprint density at radius 3 is 1.81 bits per heavy atom. The molecule has 0 bridgehead atoms. The summed E-state index contributed by atoms with van der Waals surface area (Å²) >= 11 is 0. The molecule has 11 unspecified atom stereocenters. The topological polar surface area (TPSA) is 214 Å². The molecule has 2 rings (SSSR count). The van der Waals surface area contributed by atoms with Gasteiger partial charge in [-0.15, -0.1) is 0 Å². The summed E-state index contributed by atoms with van der Waals surface area (Å²) < 4.78 is 39.0. The van der Waals surface area contributed by atoms with Crippen molar-refractivity contribution >= 4 is 23.9 Å². The number of ether oxygens (including phenoxy) is 7. The third-order valence-electron chi connectivity index (χ3n) is 8.63. The van der Waals surface area contributed by atoms with Gasteiger partial charge in [-0.3, -0.25) is 19.2 Å². The van der Waals surface area contributed by atoms with Crippen LogP contribution >= 0.6 is 0 Å². The average Bonchev–Trinajstić information content (AvgIpc) is 3.26. The second-order valence-electron chi connectivity index (χ2n) is 12.5. The van der Waals surface area contributed by atoms with Gasteiger partial charge in [0.25, 0.3) is 0 Å². The zero-order chi connectivity index (χ0) is 35.3. The Kier molecular flexibility index (Phi) is 17.0. The van der Waals surface area contributed by atoms with Crippen LogP contribution in [0.4, 0.5) is 0 Å². The number of aliphatic hydroxyl groups excluding tert-OH is 4. The molecule has 0 aromatic heterocycles. The van der Waals surface area contributed by atoms with E-state index in [0.717, 1.165) is 39.5 Å². The van der Waals surface area contributed by atoms with E-state index in [1.807, 2.05) is 20.8 Å². The molecule has 0 saturated carbocycles. The van der Waals surface area contributed by atoms with Gasteiger partial charge in [0.2, 0.25) is 12.1 Å². The van der Waals surface area contributed by atoms with E-state index in [9.17, 15) is 39.6 Å². The smallest absolute Gasteiger partial charge is 0.306 e. The number of carbonyl (C=O) groups is 4. The van der Waals surface area contributed by atoms with E-state index < -0.39 is 98.5 Å². The van der Waals surface area contributed by atoms with Crippen LogP contribution in [0.2, 0.25) is 0 Å². The first kappa shape index (κ1) is 40.8. The van der Waals surface area contributed by atoms with Crippen molar-refractivity contribution in [1.82, 2.24) is 0 Å². The summed E-state index contributed by atoms with van der Waals surface area (Å²) in [5, 5.41) is 43.1. The molecular formula is C32H54O15. The van der Waals surface area contributed by atoms with Crippen molar-refractivity contribution in [3.8, 4) is 0 Å². The van der Waals surface area contributed by atoms with E-state index in [1.165, 1.54) is 0 Å². The van der Waals surface area contributed by atoms with Gasteiger partial charge in [-0.25, -0.2) is 0 Å². The highest BCUT2D eigenvalue weighted by molar-refractivity contribution is 5.71. The third kappa shape index (κ3) is 12.2. The molecule has 2 aliphatic rings. The highest BCUT2D eigenvalue weighted by Crippen LogP contribution is 2.38. The van der Waals surface area contributed by atoms with Gasteiger partial charge in [0.1, 0.15) is 43.7 Å². The Morgan fingerprint density at radius 1 is 0.787 bits per heavy atom. The number of rotatable bonds is 19. The van der Waals surface area contributed by atoms with Gasteiger partial charge >= 0.3 is 23.9 Å². The van der Waals surface area contributed by atoms with Crippen LogP contribution in [0.5, 0.6) is 0 Å². The van der Waals surface area contributed by atoms with Crippen LogP contribution in [0.1, 0.15) is 92.9 Å². The van der Waals surface area contributed by atoms with Crippen LogP contribution in [-0.4, -0.2) is 119 Å². The first-order chi connectivity index (χ1) is 22.2. The van der Waals surface area contributed by atoms with Crippen LogP contribution in [-0.2, 0) is 52.3 Å².